The Morgan fingerprint density at radius 1 is 1.27 bits per heavy atom. The van der Waals surface area contributed by atoms with E-state index in [-0.39, 0.29) is 24.0 Å². The Hall–Kier alpha value is -0.730. The van der Waals surface area contributed by atoms with Crippen LogP contribution < -0.4 is 15.4 Å². The molecule has 0 heterocycles. The summed E-state index contributed by atoms with van der Waals surface area (Å²) in [4.78, 5) is 4.40. The van der Waals surface area contributed by atoms with Crippen LogP contribution in [0.1, 0.15) is 12.5 Å². The maximum absolute atomic E-state index is 6.22. The predicted molar refractivity (Wildman–Crippen MR) is 103 cm³/mol. The molecule has 0 atom stereocenters. The van der Waals surface area contributed by atoms with Crippen LogP contribution in [-0.4, -0.2) is 46.4 Å². The minimum Gasteiger partial charge on any atom is -0.497 e. The van der Waals surface area contributed by atoms with Crippen molar-refractivity contribution in [3.63, 3.8) is 0 Å². The summed E-state index contributed by atoms with van der Waals surface area (Å²) in [5, 5.41) is 7.19. The van der Waals surface area contributed by atoms with E-state index in [4.69, 9.17) is 21.1 Å². The number of ether oxygens (including phenoxy) is 2. The second kappa shape index (κ2) is 12.8. The molecule has 7 heteroatoms. The van der Waals surface area contributed by atoms with Gasteiger partial charge in [-0.3, -0.25) is 4.99 Å². The molecule has 0 bridgehead atoms. The Morgan fingerprint density at radius 2 is 2.05 bits per heavy atom. The summed E-state index contributed by atoms with van der Waals surface area (Å²) in [6.45, 7) is 4.86. The highest BCUT2D eigenvalue weighted by molar-refractivity contribution is 14.0. The van der Waals surface area contributed by atoms with Gasteiger partial charge in [0.15, 0.2) is 5.96 Å². The second-order valence-electron chi connectivity index (χ2n) is 4.39. The first kappa shape index (κ1) is 21.3. The van der Waals surface area contributed by atoms with Crippen molar-refractivity contribution in [3.8, 4) is 5.75 Å². The standard InChI is InChI=1S/C15H24ClN3O2.HI/c1-4-17-15(19-9-10-20-2)18-8-7-12-5-6-13(21-3)11-14(12)16;/h5-6,11H,4,7-10H2,1-3H3,(H2,17,18,19);1H. The number of aliphatic imine (C=N–C) groups is 1. The Balaban J connectivity index is 0.00000441. The van der Waals surface area contributed by atoms with Crippen molar-refractivity contribution in [2.24, 2.45) is 4.99 Å². The van der Waals surface area contributed by atoms with Crippen LogP contribution >= 0.6 is 35.6 Å². The van der Waals surface area contributed by atoms with Crippen molar-refractivity contribution >= 4 is 41.5 Å². The quantitative estimate of drug-likeness (QED) is 0.282. The summed E-state index contributed by atoms with van der Waals surface area (Å²) in [5.41, 5.74) is 1.08. The highest BCUT2D eigenvalue weighted by Crippen LogP contribution is 2.22. The predicted octanol–water partition coefficient (Wildman–Crippen LogP) is 2.71. The normalized spacial score (nSPS) is 10.8. The minimum absolute atomic E-state index is 0. The topological polar surface area (TPSA) is 54.9 Å². The van der Waals surface area contributed by atoms with Gasteiger partial charge in [0, 0.05) is 25.2 Å². The largest absolute Gasteiger partial charge is 0.497 e. The van der Waals surface area contributed by atoms with Crippen LogP contribution in [0.4, 0.5) is 0 Å². The Morgan fingerprint density at radius 3 is 2.64 bits per heavy atom. The number of halogens is 2. The molecule has 22 heavy (non-hydrogen) atoms. The van der Waals surface area contributed by atoms with Gasteiger partial charge >= 0.3 is 0 Å². The number of benzene rings is 1. The average Bonchev–Trinajstić information content (AvgIpc) is 2.49. The van der Waals surface area contributed by atoms with Crippen LogP contribution in [0.3, 0.4) is 0 Å². The molecule has 0 aliphatic carbocycles. The van der Waals surface area contributed by atoms with Gasteiger partial charge in [0.2, 0.25) is 0 Å². The first-order chi connectivity index (χ1) is 10.2. The van der Waals surface area contributed by atoms with Crippen LogP contribution in [0, 0.1) is 0 Å². The first-order valence-electron chi connectivity index (χ1n) is 7.04. The SMILES string of the molecule is CCNC(=NCCOC)NCCc1ccc(OC)cc1Cl.I. The van der Waals surface area contributed by atoms with Gasteiger partial charge in [0.25, 0.3) is 0 Å². The van der Waals surface area contributed by atoms with E-state index in [0.717, 1.165) is 41.8 Å². The number of rotatable bonds is 8. The lowest BCUT2D eigenvalue weighted by Crippen LogP contribution is -2.38. The van der Waals surface area contributed by atoms with Gasteiger partial charge < -0.3 is 20.1 Å². The summed E-state index contributed by atoms with van der Waals surface area (Å²) in [7, 11) is 3.30. The summed E-state index contributed by atoms with van der Waals surface area (Å²) >= 11 is 6.22. The van der Waals surface area contributed by atoms with Crippen molar-refractivity contribution in [3.05, 3.63) is 28.8 Å². The van der Waals surface area contributed by atoms with Gasteiger partial charge in [-0.15, -0.1) is 24.0 Å². The molecule has 0 unspecified atom stereocenters. The van der Waals surface area contributed by atoms with E-state index >= 15 is 0 Å². The number of hydrogen-bond donors (Lipinski definition) is 2. The van der Waals surface area contributed by atoms with Crippen LogP contribution in [0.15, 0.2) is 23.2 Å². The summed E-state index contributed by atoms with van der Waals surface area (Å²) in [6.07, 6.45) is 0.817. The second-order valence-corrected chi connectivity index (χ2v) is 4.79. The van der Waals surface area contributed by atoms with Crippen LogP contribution in [0.5, 0.6) is 5.75 Å². The molecule has 0 aromatic heterocycles. The van der Waals surface area contributed by atoms with E-state index in [0.29, 0.717) is 13.2 Å². The molecule has 0 radical (unpaired) electrons. The minimum atomic E-state index is 0. The third-order valence-corrected chi connectivity index (χ3v) is 3.21. The van der Waals surface area contributed by atoms with E-state index in [1.807, 2.05) is 25.1 Å². The molecule has 0 aliphatic rings. The molecule has 0 spiro atoms. The fraction of sp³-hybridized carbons (Fsp3) is 0.533. The third kappa shape index (κ3) is 8.05. The number of nitrogens with one attached hydrogen (secondary N) is 2. The molecule has 5 nitrogen and oxygen atoms in total. The molecule has 1 aromatic carbocycles. The van der Waals surface area contributed by atoms with E-state index in [1.165, 1.54) is 0 Å². The lowest BCUT2D eigenvalue weighted by Gasteiger charge is -2.12. The first-order valence-corrected chi connectivity index (χ1v) is 7.42. The summed E-state index contributed by atoms with van der Waals surface area (Å²) in [6, 6.07) is 5.73. The Bertz CT molecular complexity index is 458. The van der Waals surface area contributed by atoms with Crippen molar-refractivity contribution < 1.29 is 9.47 Å². The number of guanidine groups is 1. The highest BCUT2D eigenvalue weighted by Gasteiger charge is 2.03. The van der Waals surface area contributed by atoms with Crippen molar-refractivity contribution in [2.75, 3.05) is 40.5 Å². The zero-order valence-electron chi connectivity index (χ0n) is 13.3. The number of nitrogens with zero attached hydrogens (tertiary/aromatic N) is 1. The van der Waals surface area contributed by atoms with Crippen LogP contribution in [0.2, 0.25) is 5.02 Å². The monoisotopic (exact) mass is 441 g/mol. The average molecular weight is 442 g/mol. The van der Waals surface area contributed by atoms with Gasteiger partial charge in [-0.1, -0.05) is 17.7 Å². The molecular weight excluding hydrogens is 417 g/mol. The van der Waals surface area contributed by atoms with Gasteiger partial charge in [-0.25, -0.2) is 0 Å². The maximum Gasteiger partial charge on any atom is 0.191 e. The number of methoxy groups -OCH3 is 2. The third-order valence-electron chi connectivity index (χ3n) is 2.86. The highest BCUT2D eigenvalue weighted by atomic mass is 127. The van der Waals surface area contributed by atoms with Gasteiger partial charge in [-0.2, -0.15) is 0 Å². The van der Waals surface area contributed by atoms with E-state index in [9.17, 15) is 0 Å². The zero-order chi connectivity index (χ0) is 15.5. The fourth-order valence-corrected chi connectivity index (χ4v) is 2.03. The lowest BCUT2D eigenvalue weighted by atomic mass is 10.1. The molecule has 0 saturated heterocycles. The molecule has 1 rings (SSSR count). The number of hydrogen-bond acceptors (Lipinski definition) is 3. The smallest absolute Gasteiger partial charge is 0.191 e. The van der Waals surface area contributed by atoms with Crippen LogP contribution in [-0.2, 0) is 11.2 Å². The zero-order valence-corrected chi connectivity index (χ0v) is 16.4. The van der Waals surface area contributed by atoms with Crippen molar-refractivity contribution in [1.29, 1.82) is 0 Å². The van der Waals surface area contributed by atoms with E-state index in [1.54, 1.807) is 14.2 Å². The Labute approximate surface area is 154 Å². The van der Waals surface area contributed by atoms with Gasteiger partial charge in [0.1, 0.15) is 5.75 Å². The molecule has 126 valence electrons. The molecule has 0 fully saturated rings. The summed E-state index contributed by atoms with van der Waals surface area (Å²) in [5.74, 6) is 1.56. The maximum atomic E-state index is 6.22. The van der Waals surface area contributed by atoms with Crippen LogP contribution in [0.25, 0.3) is 0 Å². The molecular formula is C15H25ClIN3O2. The van der Waals surface area contributed by atoms with Gasteiger partial charge in [-0.05, 0) is 31.0 Å². The molecule has 0 amide bonds. The van der Waals surface area contributed by atoms with E-state index < -0.39 is 0 Å². The van der Waals surface area contributed by atoms with Crippen molar-refractivity contribution in [2.45, 2.75) is 13.3 Å². The molecule has 2 N–H and O–H groups in total. The molecule has 1 aromatic rings. The van der Waals surface area contributed by atoms with E-state index in [2.05, 4.69) is 15.6 Å². The summed E-state index contributed by atoms with van der Waals surface area (Å²) < 4.78 is 10.1. The van der Waals surface area contributed by atoms with Crippen molar-refractivity contribution in [1.82, 2.24) is 10.6 Å². The lowest BCUT2D eigenvalue weighted by molar-refractivity contribution is 0.208. The molecule has 0 saturated carbocycles. The Kier molecular flexibility index (Phi) is 12.4. The fourth-order valence-electron chi connectivity index (χ4n) is 1.76. The van der Waals surface area contributed by atoms with Gasteiger partial charge in [0.05, 0.1) is 20.3 Å². The molecule has 0 aliphatic heterocycles.